The van der Waals surface area contributed by atoms with Crippen LogP contribution in [0.4, 0.5) is 5.69 Å². The molecule has 0 aliphatic heterocycles. The number of nitrogens with zero attached hydrogens (tertiary/aromatic N) is 3. The number of benzene rings is 2. The van der Waals surface area contributed by atoms with Crippen molar-refractivity contribution < 1.29 is 0 Å². The molecule has 4 N–H and O–H groups in total. The summed E-state index contributed by atoms with van der Waals surface area (Å²) in [6, 6.07) is 14.3. The van der Waals surface area contributed by atoms with Crippen LogP contribution in [0.15, 0.2) is 59.7 Å². The van der Waals surface area contributed by atoms with Crippen molar-refractivity contribution in [1.82, 2.24) is 9.55 Å². The number of fused-ring (bicyclic) bond motifs is 1. The Labute approximate surface area is 141 Å². The summed E-state index contributed by atoms with van der Waals surface area (Å²) in [7, 11) is 1.74. The zero-order valence-electron chi connectivity index (χ0n) is 13.9. The lowest BCUT2D eigenvalue weighted by atomic mass is 10.1. The van der Waals surface area contributed by atoms with Crippen LogP contribution in [0.3, 0.4) is 0 Å². The molecule has 5 nitrogen and oxygen atoms in total. The van der Waals surface area contributed by atoms with Crippen molar-refractivity contribution >= 4 is 22.4 Å². The molecular weight excluding hydrogens is 298 g/mol. The smallest absolute Gasteiger partial charge is 0.112 e. The van der Waals surface area contributed by atoms with Gasteiger partial charge in [0.05, 0.1) is 16.9 Å². The molecule has 3 aromatic rings. The molecule has 0 radical (unpaired) electrons. The summed E-state index contributed by atoms with van der Waals surface area (Å²) < 4.78 is 2.17. The van der Waals surface area contributed by atoms with Gasteiger partial charge in [-0.25, -0.2) is 4.98 Å². The predicted molar refractivity (Wildman–Crippen MR) is 100 cm³/mol. The average Bonchev–Trinajstić information content (AvgIpc) is 2.90. The van der Waals surface area contributed by atoms with E-state index in [0.29, 0.717) is 5.69 Å². The molecule has 0 spiro atoms. The molecule has 0 saturated carbocycles. The third kappa shape index (κ3) is 2.88. The highest BCUT2D eigenvalue weighted by Crippen LogP contribution is 2.25. The van der Waals surface area contributed by atoms with E-state index in [2.05, 4.69) is 32.7 Å². The minimum atomic E-state index is 0.643. The molecule has 1 heterocycles. The van der Waals surface area contributed by atoms with E-state index in [-0.39, 0.29) is 0 Å². The van der Waals surface area contributed by atoms with Gasteiger partial charge >= 0.3 is 0 Å². The normalized spacial score (nSPS) is 12.3. The van der Waals surface area contributed by atoms with E-state index in [0.717, 1.165) is 34.7 Å². The third-order valence-electron chi connectivity index (χ3n) is 4.05. The Morgan fingerprint density at radius 3 is 2.67 bits per heavy atom. The van der Waals surface area contributed by atoms with E-state index in [1.165, 1.54) is 11.8 Å². The minimum Gasteiger partial charge on any atom is -0.405 e. The summed E-state index contributed by atoms with van der Waals surface area (Å²) >= 11 is 0. The van der Waals surface area contributed by atoms with Crippen molar-refractivity contribution in [3.8, 4) is 0 Å². The molecule has 0 fully saturated rings. The number of nitrogen functional groups attached to an aromatic ring is 1. The van der Waals surface area contributed by atoms with Crippen molar-refractivity contribution in [2.45, 2.75) is 13.5 Å². The van der Waals surface area contributed by atoms with Crippen molar-refractivity contribution in [2.75, 3.05) is 12.8 Å². The van der Waals surface area contributed by atoms with Gasteiger partial charge in [-0.05, 0) is 36.9 Å². The molecule has 5 heteroatoms. The lowest BCUT2D eigenvalue weighted by molar-refractivity contribution is 0.786. The molecule has 0 aliphatic carbocycles. The zero-order valence-corrected chi connectivity index (χ0v) is 13.9. The Morgan fingerprint density at radius 1 is 1.25 bits per heavy atom. The lowest BCUT2D eigenvalue weighted by Crippen LogP contribution is -2.04. The van der Waals surface area contributed by atoms with Crippen molar-refractivity contribution in [1.29, 1.82) is 0 Å². The number of hydrogen-bond donors (Lipinski definition) is 2. The maximum absolute atomic E-state index is 6.24. The number of rotatable bonds is 4. The molecular formula is C19H21N5. The van der Waals surface area contributed by atoms with Gasteiger partial charge in [-0.2, -0.15) is 0 Å². The van der Waals surface area contributed by atoms with E-state index >= 15 is 0 Å². The second-order valence-corrected chi connectivity index (χ2v) is 5.63. The first-order valence-corrected chi connectivity index (χ1v) is 7.79. The Bertz CT molecular complexity index is 920. The zero-order chi connectivity index (χ0) is 17.1. The molecule has 0 amide bonds. The Hall–Kier alpha value is -3.08. The molecule has 0 saturated heterocycles. The Balaban J connectivity index is 2.16. The second-order valence-electron chi connectivity index (χ2n) is 5.63. The van der Waals surface area contributed by atoms with E-state index < -0.39 is 0 Å². The first kappa shape index (κ1) is 15.8. The number of allylic oxidation sites excluding steroid dienone is 1. The highest BCUT2D eigenvalue weighted by atomic mass is 15.1. The minimum absolute atomic E-state index is 0.643. The summed E-state index contributed by atoms with van der Waals surface area (Å²) in [6.45, 7) is 2.74. The van der Waals surface area contributed by atoms with E-state index in [9.17, 15) is 0 Å². The van der Waals surface area contributed by atoms with Gasteiger partial charge < -0.3 is 16.0 Å². The first-order chi connectivity index (χ1) is 11.6. The van der Waals surface area contributed by atoms with Gasteiger partial charge in [-0.3, -0.25) is 4.99 Å². The lowest BCUT2D eigenvalue weighted by Gasteiger charge is -2.09. The highest BCUT2D eigenvalue weighted by Gasteiger charge is 2.13. The monoisotopic (exact) mass is 319 g/mol. The van der Waals surface area contributed by atoms with Crippen LogP contribution in [-0.4, -0.2) is 22.3 Å². The molecule has 3 rings (SSSR count). The van der Waals surface area contributed by atoms with Crippen LogP contribution in [-0.2, 0) is 6.54 Å². The number of aromatic nitrogens is 2. The standard InChI is InChI=1S/C19H21N5/c1-13-23-19-16(21)10-15(17(22-2)8-9-20)11-18(19)24(13)12-14-6-4-3-5-7-14/h3-11H,12,20-21H2,1-2H3. The number of imidazole rings is 1. The summed E-state index contributed by atoms with van der Waals surface area (Å²) in [5, 5.41) is 0. The van der Waals surface area contributed by atoms with Gasteiger partial charge in [0.15, 0.2) is 0 Å². The molecule has 1 aromatic heterocycles. The van der Waals surface area contributed by atoms with Gasteiger partial charge in [-0.1, -0.05) is 30.3 Å². The number of aliphatic imine (C=N–C) groups is 1. The number of anilines is 1. The van der Waals surface area contributed by atoms with Gasteiger partial charge in [0.1, 0.15) is 11.3 Å². The van der Waals surface area contributed by atoms with E-state index in [1.807, 2.05) is 31.2 Å². The SMILES string of the molecule is CN=C(C=CN)c1cc(N)c2nc(C)n(Cc3ccccc3)c2c1. The summed E-state index contributed by atoms with van der Waals surface area (Å²) in [6.07, 6.45) is 3.25. The van der Waals surface area contributed by atoms with Gasteiger partial charge in [0.2, 0.25) is 0 Å². The van der Waals surface area contributed by atoms with Crippen molar-refractivity contribution in [3.05, 3.63) is 71.7 Å². The maximum Gasteiger partial charge on any atom is 0.112 e. The first-order valence-electron chi connectivity index (χ1n) is 7.79. The van der Waals surface area contributed by atoms with Crippen LogP contribution in [0.5, 0.6) is 0 Å². The van der Waals surface area contributed by atoms with Crippen LogP contribution in [0.1, 0.15) is 17.0 Å². The Morgan fingerprint density at radius 2 is 2.00 bits per heavy atom. The second kappa shape index (κ2) is 6.58. The fourth-order valence-electron chi connectivity index (χ4n) is 2.87. The molecule has 122 valence electrons. The van der Waals surface area contributed by atoms with Crippen molar-refractivity contribution in [2.24, 2.45) is 10.7 Å². The van der Waals surface area contributed by atoms with Crippen LogP contribution >= 0.6 is 0 Å². The van der Waals surface area contributed by atoms with Crippen LogP contribution in [0.2, 0.25) is 0 Å². The highest BCUT2D eigenvalue weighted by molar-refractivity contribution is 6.11. The van der Waals surface area contributed by atoms with E-state index in [4.69, 9.17) is 11.5 Å². The predicted octanol–water partition coefficient (Wildman–Crippen LogP) is 2.87. The fourth-order valence-corrected chi connectivity index (χ4v) is 2.87. The molecule has 0 aliphatic rings. The molecule has 24 heavy (non-hydrogen) atoms. The summed E-state index contributed by atoms with van der Waals surface area (Å²) in [5.74, 6) is 0.932. The van der Waals surface area contributed by atoms with Crippen LogP contribution < -0.4 is 11.5 Å². The largest absolute Gasteiger partial charge is 0.405 e. The van der Waals surface area contributed by atoms with Crippen LogP contribution in [0.25, 0.3) is 11.0 Å². The van der Waals surface area contributed by atoms with Gasteiger partial charge in [-0.15, -0.1) is 0 Å². The number of aryl methyl sites for hydroxylation is 1. The molecule has 0 atom stereocenters. The van der Waals surface area contributed by atoms with Gasteiger partial charge in [0, 0.05) is 19.2 Å². The van der Waals surface area contributed by atoms with Crippen LogP contribution in [0, 0.1) is 6.92 Å². The summed E-state index contributed by atoms with van der Waals surface area (Å²) in [5.41, 5.74) is 17.1. The van der Waals surface area contributed by atoms with E-state index in [1.54, 1.807) is 13.1 Å². The fraction of sp³-hybridized carbons (Fsp3) is 0.158. The number of nitrogens with two attached hydrogens (primary N) is 2. The quantitative estimate of drug-likeness (QED) is 0.573. The Kier molecular flexibility index (Phi) is 4.33. The maximum atomic E-state index is 6.24. The molecule has 2 aromatic carbocycles. The van der Waals surface area contributed by atoms with Gasteiger partial charge in [0.25, 0.3) is 0 Å². The third-order valence-corrected chi connectivity index (χ3v) is 4.05. The van der Waals surface area contributed by atoms with Crippen molar-refractivity contribution in [3.63, 3.8) is 0 Å². The average molecular weight is 319 g/mol. The summed E-state index contributed by atoms with van der Waals surface area (Å²) in [4.78, 5) is 8.92. The number of hydrogen-bond acceptors (Lipinski definition) is 4. The molecule has 0 bridgehead atoms. The topological polar surface area (TPSA) is 82.2 Å². The molecule has 0 unspecified atom stereocenters.